The number of aromatic nitrogens is 3. The van der Waals surface area contributed by atoms with Gasteiger partial charge in [0.05, 0.1) is 0 Å². The smallest absolute Gasteiger partial charge is 0.130 e. The molecule has 0 atom stereocenters. The second-order valence-corrected chi connectivity index (χ2v) is 14.4. The number of H-pyrrole nitrogens is 1. The number of hydrogen-bond acceptors (Lipinski definition) is 4. The van der Waals surface area contributed by atoms with Crippen LogP contribution in [0, 0.1) is 0 Å². The van der Waals surface area contributed by atoms with Crippen molar-refractivity contribution in [3.63, 3.8) is 0 Å². The van der Waals surface area contributed by atoms with Crippen molar-refractivity contribution in [3.8, 4) is 22.3 Å². The number of hydrogen-bond donors (Lipinski definition) is 3. The Balaban J connectivity index is 0.000000171. The minimum absolute atomic E-state index is 0.167. The molecule has 3 aromatic heterocycles. The highest BCUT2D eigenvalue weighted by atomic mass is 15.0. The van der Waals surface area contributed by atoms with Crippen LogP contribution in [0.5, 0.6) is 0 Å². The van der Waals surface area contributed by atoms with Gasteiger partial charge in [-0.3, -0.25) is 0 Å². The number of rotatable bonds is 6. The molecule has 0 saturated carbocycles. The third-order valence-electron chi connectivity index (χ3n) is 8.56. The number of nitrogens with zero attached hydrogens (tertiary/aromatic N) is 2. The largest absolute Gasteiger partial charge is 0.361 e. The Bertz CT molecular complexity index is 2110. The van der Waals surface area contributed by atoms with E-state index in [0.29, 0.717) is 0 Å². The molecule has 246 valence electrons. The molecule has 0 radical (unpaired) electrons. The summed E-state index contributed by atoms with van der Waals surface area (Å²) in [6.07, 6.45) is 5.65. The van der Waals surface area contributed by atoms with Gasteiger partial charge in [0.1, 0.15) is 11.6 Å². The molecular formula is C44H45N5. The van der Waals surface area contributed by atoms with Crippen LogP contribution in [-0.4, -0.2) is 15.0 Å². The van der Waals surface area contributed by atoms with Gasteiger partial charge in [0.2, 0.25) is 0 Å². The molecule has 0 amide bonds. The number of benzene rings is 4. The first-order valence-corrected chi connectivity index (χ1v) is 16.8. The van der Waals surface area contributed by atoms with Gasteiger partial charge < -0.3 is 15.6 Å². The average molecular weight is 644 g/mol. The third kappa shape index (κ3) is 8.62. The van der Waals surface area contributed by atoms with Crippen LogP contribution in [0.1, 0.15) is 52.7 Å². The van der Waals surface area contributed by atoms with Gasteiger partial charge >= 0.3 is 0 Å². The molecule has 0 spiro atoms. The summed E-state index contributed by atoms with van der Waals surface area (Å²) in [7, 11) is 0. The van der Waals surface area contributed by atoms with E-state index in [1.54, 1.807) is 0 Å². The summed E-state index contributed by atoms with van der Waals surface area (Å²) < 4.78 is 0. The molecular weight excluding hydrogens is 599 g/mol. The van der Waals surface area contributed by atoms with Crippen molar-refractivity contribution in [1.82, 2.24) is 15.0 Å². The van der Waals surface area contributed by atoms with Crippen molar-refractivity contribution < 1.29 is 0 Å². The van der Waals surface area contributed by atoms with E-state index in [-0.39, 0.29) is 10.8 Å². The van der Waals surface area contributed by atoms with Gasteiger partial charge in [-0.2, -0.15) is 0 Å². The zero-order valence-corrected chi connectivity index (χ0v) is 29.3. The minimum Gasteiger partial charge on any atom is -0.361 e. The van der Waals surface area contributed by atoms with Gasteiger partial charge in [-0.1, -0.05) is 108 Å². The van der Waals surface area contributed by atoms with Gasteiger partial charge in [-0.05, 0) is 105 Å². The molecule has 3 N–H and O–H groups in total. The van der Waals surface area contributed by atoms with E-state index in [1.807, 2.05) is 61.1 Å². The monoisotopic (exact) mass is 643 g/mol. The molecule has 49 heavy (non-hydrogen) atoms. The van der Waals surface area contributed by atoms with Crippen LogP contribution in [0.25, 0.3) is 33.2 Å². The number of para-hydroxylation sites is 1. The molecule has 0 aliphatic carbocycles. The lowest BCUT2D eigenvalue weighted by Gasteiger charge is -2.19. The Morgan fingerprint density at radius 3 is 1.49 bits per heavy atom. The Hall–Kier alpha value is -5.68. The number of anilines is 4. The summed E-state index contributed by atoms with van der Waals surface area (Å²) in [5.74, 6) is 1.70. The maximum absolute atomic E-state index is 4.47. The summed E-state index contributed by atoms with van der Waals surface area (Å²) in [5, 5.41) is 7.93. The SMILES string of the molecule is CC(C)(C)c1ccc(-c2ccnc(Nc3ccc4[nH]ccc4c3)c2)cc1.CC(C)(C)c1ccc(-c2ccnc(Nc3ccccc3)c2)cc1. The molecule has 4 aromatic carbocycles. The highest BCUT2D eigenvalue weighted by molar-refractivity contribution is 5.84. The fourth-order valence-electron chi connectivity index (χ4n) is 5.63. The minimum atomic E-state index is 0.167. The molecule has 0 bridgehead atoms. The molecule has 3 heterocycles. The van der Waals surface area contributed by atoms with Crippen LogP contribution in [0.2, 0.25) is 0 Å². The summed E-state index contributed by atoms with van der Waals surface area (Å²) in [6, 6.07) is 44.3. The van der Waals surface area contributed by atoms with Crippen molar-refractivity contribution in [3.05, 3.63) is 157 Å². The zero-order chi connectivity index (χ0) is 34.4. The molecule has 7 rings (SSSR count). The first-order chi connectivity index (χ1) is 23.5. The van der Waals surface area contributed by atoms with E-state index in [1.165, 1.54) is 33.2 Å². The normalized spacial score (nSPS) is 11.5. The van der Waals surface area contributed by atoms with E-state index in [0.717, 1.165) is 34.1 Å². The highest BCUT2D eigenvalue weighted by Crippen LogP contribution is 2.29. The van der Waals surface area contributed by atoms with Crippen molar-refractivity contribution in [2.45, 2.75) is 52.4 Å². The van der Waals surface area contributed by atoms with Gasteiger partial charge in [-0.15, -0.1) is 0 Å². The fraction of sp³-hybridized carbons (Fsp3) is 0.182. The lowest BCUT2D eigenvalue weighted by molar-refractivity contribution is 0.590. The van der Waals surface area contributed by atoms with Crippen molar-refractivity contribution in [1.29, 1.82) is 0 Å². The Kier molecular flexibility index (Phi) is 9.63. The fourth-order valence-corrected chi connectivity index (χ4v) is 5.63. The third-order valence-corrected chi connectivity index (χ3v) is 8.56. The van der Waals surface area contributed by atoms with Crippen LogP contribution in [0.4, 0.5) is 23.0 Å². The van der Waals surface area contributed by atoms with Crippen LogP contribution in [0.15, 0.2) is 146 Å². The number of aromatic amines is 1. The molecule has 5 nitrogen and oxygen atoms in total. The summed E-state index contributed by atoms with van der Waals surface area (Å²) in [5.41, 5.74) is 11.0. The van der Waals surface area contributed by atoms with Gasteiger partial charge in [0, 0.05) is 40.9 Å². The van der Waals surface area contributed by atoms with Gasteiger partial charge in [-0.25, -0.2) is 9.97 Å². The second-order valence-electron chi connectivity index (χ2n) is 14.4. The first kappa shape index (κ1) is 33.2. The predicted octanol–water partition coefficient (Wildman–Crippen LogP) is 12.1. The number of pyridine rings is 2. The van der Waals surface area contributed by atoms with Crippen molar-refractivity contribution in [2.75, 3.05) is 10.6 Å². The van der Waals surface area contributed by atoms with E-state index in [9.17, 15) is 0 Å². The maximum atomic E-state index is 4.47. The quantitative estimate of drug-likeness (QED) is 0.169. The summed E-state index contributed by atoms with van der Waals surface area (Å²) >= 11 is 0. The lowest BCUT2D eigenvalue weighted by Crippen LogP contribution is -2.10. The van der Waals surface area contributed by atoms with Gasteiger partial charge in [0.15, 0.2) is 0 Å². The van der Waals surface area contributed by atoms with Crippen molar-refractivity contribution >= 4 is 33.9 Å². The predicted molar refractivity (Wildman–Crippen MR) is 208 cm³/mol. The zero-order valence-electron chi connectivity index (χ0n) is 29.3. The maximum Gasteiger partial charge on any atom is 0.130 e. The van der Waals surface area contributed by atoms with E-state index < -0.39 is 0 Å². The molecule has 0 fully saturated rings. The van der Waals surface area contributed by atoms with Crippen LogP contribution in [0.3, 0.4) is 0 Å². The van der Waals surface area contributed by atoms with E-state index in [2.05, 4.69) is 152 Å². The molecule has 0 aliphatic rings. The Labute approximate surface area is 290 Å². The highest BCUT2D eigenvalue weighted by Gasteiger charge is 2.14. The standard InChI is InChI=1S/C23H23N3.C21H22N2/c1-23(2,3)19-6-4-16(5-7-19)17-10-13-25-22(15-17)26-20-8-9-21-18(14-20)11-12-24-21;1-21(2,3)18-11-9-16(10-12-18)17-13-14-22-20(15-17)23-19-7-5-4-6-8-19/h4-15,24H,1-3H3,(H,25,26);4-15H,1-3H3,(H,22,23). The Morgan fingerprint density at radius 1 is 0.469 bits per heavy atom. The topological polar surface area (TPSA) is 65.6 Å². The lowest BCUT2D eigenvalue weighted by atomic mass is 9.86. The summed E-state index contributed by atoms with van der Waals surface area (Å²) in [4.78, 5) is 12.1. The Morgan fingerprint density at radius 2 is 0.980 bits per heavy atom. The number of nitrogens with one attached hydrogen (secondary N) is 3. The van der Waals surface area contributed by atoms with Crippen molar-refractivity contribution in [2.24, 2.45) is 0 Å². The summed E-state index contributed by atoms with van der Waals surface area (Å²) in [6.45, 7) is 13.4. The molecule has 5 heteroatoms. The average Bonchev–Trinajstić information content (AvgIpc) is 3.57. The van der Waals surface area contributed by atoms with Crippen LogP contribution in [-0.2, 0) is 10.8 Å². The van der Waals surface area contributed by atoms with E-state index in [4.69, 9.17) is 0 Å². The number of fused-ring (bicyclic) bond motifs is 1. The second kappa shape index (κ2) is 14.2. The van der Waals surface area contributed by atoms with E-state index >= 15 is 0 Å². The molecule has 0 saturated heterocycles. The molecule has 0 aliphatic heterocycles. The van der Waals surface area contributed by atoms with Crippen LogP contribution >= 0.6 is 0 Å². The van der Waals surface area contributed by atoms with Gasteiger partial charge in [0.25, 0.3) is 0 Å². The first-order valence-electron chi connectivity index (χ1n) is 16.8. The molecule has 7 aromatic rings. The van der Waals surface area contributed by atoms with Crippen LogP contribution < -0.4 is 10.6 Å². The molecule has 0 unspecified atom stereocenters.